The van der Waals surface area contributed by atoms with Crippen molar-refractivity contribution in [2.75, 3.05) is 13.7 Å². The zero-order valence-corrected chi connectivity index (χ0v) is 16.2. The highest BCUT2D eigenvalue weighted by Crippen LogP contribution is 2.33. The fraction of sp³-hybridized carbons (Fsp3) is 0.294. The van der Waals surface area contributed by atoms with E-state index in [4.69, 9.17) is 9.47 Å². The minimum absolute atomic E-state index is 0.208. The first-order chi connectivity index (χ1) is 12.6. The molecule has 8 nitrogen and oxygen atoms in total. The first-order valence-electron chi connectivity index (χ1n) is 8.02. The third-order valence-corrected chi connectivity index (χ3v) is 4.54. The number of halogens is 1. The van der Waals surface area contributed by atoms with Crippen molar-refractivity contribution in [3.8, 4) is 0 Å². The SMILES string of the molecule is C\C=C1/C(=C\C=C\OC)n2cnc(Br)c2Cc2c(C(=O)OCC)nnn21. The van der Waals surface area contributed by atoms with Gasteiger partial charge in [-0.1, -0.05) is 11.3 Å². The van der Waals surface area contributed by atoms with Crippen LogP contribution in [0.2, 0.25) is 0 Å². The van der Waals surface area contributed by atoms with E-state index in [2.05, 4.69) is 31.2 Å². The van der Waals surface area contributed by atoms with E-state index < -0.39 is 5.97 Å². The number of ether oxygens (including phenoxy) is 2. The Morgan fingerprint density at radius 3 is 2.88 bits per heavy atom. The van der Waals surface area contributed by atoms with Crippen molar-refractivity contribution in [1.29, 1.82) is 0 Å². The van der Waals surface area contributed by atoms with Gasteiger partial charge in [-0.3, -0.25) is 4.57 Å². The highest BCUT2D eigenvalue weighted by Gasteiger charge is 2.29. The first-order valence-corrected chi connectivity index (χ1v) is 8.82. The molecule has 2 aromatic heterocycles. The van der Waals surface area contributed by atoms with E-state index in [1.807, 2.05) is 23.6 Å². The summed E-state index contributed by atoms with van der Waals surface area (Å²) in [6, 6.07) is 0. The van der Waals surface area contributed by atoms with Gasteiger partial charge in [0, 0.05) is 6.42 Å². The van der Waals surface area contributed by atoms with E-state index in [0.717, 1.165) is 17.1 Å². The summed E-state index contributed by atoms with van der Waals surface area (Å²) < 4.78 is 14.4. The number of imidazole rings is 1. The van der Waals surface area contributed by atoms with Crippen LogP contribution in [-0.4, -0.2) is 44.2 Å². The summed E-state index contributed by atoms with van der Waals surface area (Å²) in [6.07, 6.45) is 9.29. The summed E-state index contributed by atoms with van der Waals surface area (Å²) in [7, 11) is 1.58. The molecule has 0 fully saturated rings. The number of carbonyl (C=O) groups is 1. The molecule has 0 aromatic carbocycles. The number of hydrogen-bond donors (Lipinski definition) is 0. The largest absolute Gasteiger partial charge is 0.504 e. The van der Waals surface area contributed by atoms with Crippen LogP contribution >= 0.6 is 15.9 Å². The number of hydrogen-bond acceptors (Lipinski definition) is 6. The molecule has 136 valence electrons. The lowest BCUT2D eigenvalue weighted by molar-refractivity contribution is 0.0518. The van der Waals surface area contributed by atoms with Crippen LogP contribution in [0.5, 0.6) is 0 Å². The number of nitrogens with zero attached hydrogens (tertiary/aromatic N) is 5. The van der Waals surface area contributed by atoms with E-state index in [1.165, 1.54) is 0 Å². The van der Waals surface area contributed by atoms with Crippen LogP contribution in [0.15, 0.2) is 35.4 Å². The number of aromatic nitrogens is 5. The van der Waals surface area contributed by atoms with E-state index in [9.17, 15) is 4.79 Å². The fourth-order valence-corrected chi connectivity index (χ4v) is 3.19. The van der Waals surface area contributed by atoms with Gasteiger partial charge in [-0.2, -0.15) is 0 Å². The normalized spacial score (nSPS) is 16.6. The van der Waals surface area contributed by atoms with Gasteiger partial charge in [-0.25, -0.2) is 14.5 Å². The topological polar surface area (TPSA) is 84.1 Å². The Labute approximate surface area is 158 Å². The van der Waals surface area contributed by atoms with Crippen LogP contribution in [0.4, 0.5) is 0 Å². The lowest BCUT2D eigenvalue weighted by Gasteiger charge is -2.11. The van der Waals surface area contributed by atoms with Crippen molar-refractivity contribution >= 4 is 33.3 Å². The summed E-state index contributed by atoms with van der Waals surface area (Å²) in [5.41, 5.74) is 3.34. The molecule has 0 radical (unpaired) electrons. The van der Waals surface area contributed by atoms with Crippen LogP contribution in [0, 0.1) is 0 Å². The summed E-state index contributed by atoms with van der Waals surface area (Å²) in [6.45, 7) is 3.93. The molecule has 0 atom stereocenters. The lowest BCUT2D eigenvalue weighted by atomic mass is 10.2. The van der Waals surface area contributed by atoms with Gasteiger partial charge in [0.25, 0.3) is 0 Å². The Bertz CT molecular complexity index is 923. The second kappa shape index (κ2) is 7.69. The van der Waals surface area contributed by atoms with Gasteiger partial charge in [-0.05, 0) is 41.9 Å². The second-order valence-corrected chi connectivity index (χ2v) is 6.09. The lowest BCUT2D eigenvalue weighted by Crippen LogP contribution is -2.10. The number of esters is 1. The third-order valence-electron chi connectivity index (χ3n) is 3.87. The molecule has 1 aliphatic rings. The molecule has 2 aromatic rings. The predicted octanol–water partition coefficient (Wildman–Crippen LogP) is 2.88. The molecule has 0 saturated carbocycles. The molecule has 0 N–H and O–H groups in total. The monoisotopic (exact) mass is 419 g/mol. The maximum absolute atomic E-state index is 12.3. The Balaban J connectivity index is 2.22. The Kier molecular flexibility index (Phi) is 5.36. The highest BCUT2D eigenvalue weighted by atomic mass is 79.9. The van der Waals surface area contributed by atoms with Crippen LogP contribution in [0.25, 0.3) is 11.4 Å². The number of fused-ring (bicyclic) bond motifs is 2. The molecule has 0 bridgehead atoms. The van der Waals surface area contributed by atoms with Crippen LogP contribution in [-0.2, 0) is 15.9 Å². The molecule has 0 amide bonds. The molecular weight excluding hydrogens is 402 g/mol. The van der Waals surface area contributed by atoms with E-state index >= 15 is 0 Å². The van der Waals surface area contributed by atoms with Gasteiger partial charge in [0.1, 0.15) is 10.9 Å². The van der Waals surface area contributed by atoms with Crippen LogP contribution in [0.3, 0.4) is 0 Å². The van der Waals surface area contributed by atoms with E-state index in [0.29, 0.717) is 16.7 Å². The molecule has 0 aliphatic carbocycles. The van der Waals surface area contributed by atoms with Crippen molar-refractivity contribution in [1.82, 2.24) is 24.5 Å². The summed E-state index contributed by atoms with van der Waals surface area (Å²) in [4.78, 5) is 16.6. The Morgan fingerprint density at radius 2 is 2.19 bits per heavy atom. The molecule has 3 rings (SSSR count). The standard InChI is InChI=1S/C17H18BrN5O3/c1-4-11-12(7-6-8-25-3)22-10-19-16(18)14(22)9-13-15(17(24)26-5-2)20-21-23(11)13/h4,6-8,10H,5,9H2,1-3H3/b8-6+,11-4+,12-7+. The first kappa shape index (κ1) is 18.1. The molecule has 3 heterocycles. The van der Waals surface area contributed by atoms with Crippen molar-refractivity contribution in [3.63, 3.8) is 0 Å². The quantitative estimate of drug-likeness (QED) is 0.559. The van der Waals surface area contributed by atoms with Crippen molar-refractivity contribution in [2.45, 2.75) is 20.3 Å². The Morgan fingerprint density at radius 1 is 1.38 bits per heavy atom. The summed E-state index contributed by atoms with van der Waals surface area (Å²) in [5.74, 6) is -0.488. The molecule has 26 heavy (non-hydrogen) atoms. The van der Waals surface area contributed by atoms with Gasteiger partial charge in [-0.15, -0.1) is 5.10 Å². The van der Waals surface area contributed by atoms with Crippen molar-refractivity contribution < 1.29 is 14.3 Å². The average Bonchev–Trinajstić information content (AvgIpc) is 3.17. The number of carbonyl (C=O) groups excluding carboxylic acids is 1. The van der Waals surface area contributed by atoms with E-state index in [-0.39, 0.29) is 12.3 Å². The van der Waals surface area contributed by atoms with Crippen molar-refractivity contribution in [3.05, 3.63) is 52.5 Å². The fourth-order valence-electron chi connectivity index (χ4n) is 2.76. The predicted molar refractivity (Wildman–Crippen MR) is 99.1 cm³/mol. The molecule has 0 unspecified atom stereocenters. The van der Waals surface area contributed by atoms with Gasteiger partial charge in [0.2, 0.25) is 0 Å². The number of rotatable bonds is 4. The van der Waals surface area contributed by atoms with Gasteiger partial charge in [0.15, 0.2) is 5.69 Å². The average molecular weight is 420 g/mol. The molecule has 0 spiro atoms. The van der Waals surface area contributed by atoms with E-state index in [1.54, 1.807) is 37.4 Å². The molecule has 0 saturated heterocycles. The smallest absolute Gasteiger partial charge is 0.360 e. The maximum atomic E-state index is 12.3. The molecular formula is C17H18BrN5O3. The van der Waals surface area contributed by atoms with Gasteiger partial charge in [0.05, 0.1) is 42.8 Å². The summed E-state index contributed by atoms with van der Waals surface area (Å²) in [5, 5.41) is 8.25. The van der Waals surface area contributed by atoms with Crippen LogP contribution in [0.1, 0.15) is 35.7 Å². The minimum Gasteiger partial charge on any atom is -0.504 e. The highest BCUT2D eigenvalue weighted by molar-refractivity contribution is 9.10. The zero-order chi connectivity index (χ0) is 18.7. The minimum atomic E-state index is -0.488. The third kappa shape index (κ3) is 3.10. The zero-order valence-electron chi connectivity index (χ0n) is 14.6. The Hall–Kier alpha value is -2.68. The molecule has 1 aliphatic heterocycles. The number of allylic oxidation sites excluding steroid dienone is 5. The number of methoxy groups -OCH3 is 1. The van der Waals surface area contributed by atoms with Gasteiger partial charge >= 0.3 is 5.97 Å². The maximum Gasteiger partial charge on any atom is 0.360 e. The van der Waals surface area contributed by atoms with Crippen molar-refractivity contribution in [2.24, 2.45) is 0 Å². The van der Waals surface area contributed by atoms with Gasteiger partial charge < -0.3 is 9.47 Å². The summed E-state index contributed by atoms with van der Waals surface area (Å²) >= 11 is 3.48. The second-order valence-electron chi connectivity index (χ2n) is 5.34. The van der Waals surface area contributed by atoms with Crippen LogP contribution < -0.4 is 0 Å². The molecule has 9 heteroatoms.